The monoisotopic (exact) mass is 456 g/mol. The van der Waals surface area contributed by atoms with Crippen LogP contribution in [0.2, 0.25) is 18.1 Å². The van der Waals surface area contributed by atoms with E-state index in [1.54, 1.807) is 0 Å². The molecule has 7 atom stereocenters. The van der Waals surface area contributed by atoms with Crippen molar-refractivity contribution in [1.82, 2.24) is 0 Å². The standard InChI is InChI=1S/C24H44O6Si/c1-7-19-17(23(25)26)12-11-16-18(15-28-31(5,6)24(2,3)4)21(14-20(16)29-19)30-22-10-8-9-13-27-22/h16-22H,7-15H2,1-6H3,(H,25,26)/t16-,17+,18-,19?,20+,21-,22?/m1/s1. The van der Waals surface area contributed by atoms with E-state index in [0.29, 0.717) is 13.0 Å². The lowest BCUT2D eigenvalue weighted by molar-refractivity contribution is -0.198. The van der Waals surface area contributed by atoms with Gasteiger partial charge in [0.1, 0.15) is 0 Å². The summed E-state index contributed by atoms with van der Waals surface area (Å²) in [5.74, 6) is -0.658. The first-order chi connectivity index (χ1) is 14.5. The van der Waals surface area contributed by atoms with Gasteiger partial charge in [-0.1, -0.05) is 27.7 Å². The second-order valence-corrected chi connectivity index (χ2v) is 16.1. The average Bonchev–Trinajstić information content (AvgIpc) is 2.89. The van der Waals surface area contributed by atoms with E-state index < -0.39 is 20.2 Å². The second-order valence-electron chi connectivity index (χ2n) is 11.2. The number of carbonyl (C=O) groups is 1. The topological polar surface area (TPSA) is 74.2 Å². The lowest BCUT2D eigenvalue weighted by atomic mass is 9.87. The van der Waals surface area contributed by atoms with Gasteiger partial charge in [-0.15, -0.1) is 0 Å². The zero-order chi connectivity index (χ0) is 22.8. The molecule has 0 radical (unpaired) electrons. The SMILES string of the molecule is CCC1O[C@H]2C[C@@H](OC3CCCCO3)[C@H](CO[Si](C)(C)C(C)(C)C)[C@H]2CC[C@@H]1C(=O)O. The highest BCUT2D eigenvalue weighted by Gasteiger charge is 2.50. The van der Waals surface area contributed by atoms with Gasteiger partial charge in [0.25, 0.3) is 0 Å². The largest absolute Gasteiger partial charge is 0.481 e. The molecule has 0 aromatic heterocycles. The maximum Gasteiger partial charge on any atom is 0.309 e. The van der Waals surface area contributed by atoms with Gasteiger partial charge in [-0.3, -0.25) is 4.79 Å². The van der Waals surface area contributed by atoms with Crippen LogP contribution in [0.25, 0.3) is 0 Å². The van der Waals surface area contributed by atoms with E-state index in [4.69, 9.17) is 18.6 Å². The Morgan fingerprint density at radius 1 is 1.16 bits per heavy atom. The fourth-order valence-corrected chi connectivity index (χ4v) is 6.19. The molecule has 2 heterocycles. The van der Waals surface area contributed by atoms with Crippen molar-refractivity contribution in [2.24, 2.45) is 17.8 Å². The van der Waals surface area contributed by atoms with Gasteiger partial charge in [-0.2, -0.15) is 0 Å². The zero-order valence-electron chi connectivity index (χ0n) is 20.4. The Hall–Kier alpha value is -0.473. The summed E-state index contributed by atoms with van der Waals surface area (Å²) in [4.78, 5) is 11.8. The van der Waals surface area contributed by atoms with Gasteiger partial charge in [0.05, 0.1) is 24.2 Å². The Bertz CT molecular complexity index is 597. The summed E-state index contributed by atoms with van der Waals surface area (Å²) in [6.45, 7) is 14.8. The molecule has 7 heteroatoms. The fourth-order valence-electron chi connectivity index (χ4n) is 5.15. The van der Waals surface area contributed by atoms with Crippen molar-refractivity contribution >= 4 is 14.3 Å². The lowest BCUT2D eigenvalue weighted by Crippen LogP contribution is -2.44. The Kier molecular flexibility index (Phi) is 8.28. The van der Waals surface area contributed by atoms with Crippen LogP contribution in [0, 0.1) is 17.8 Å². The van der Waals surface area contributed by atoms with Crippen LogP contribution in [0.15, 0.2) is 0 Å². The molecule has 180 valence electrons. The molecule has 0 amide bonds. The molecule has 1 N–H and O–H groups in total. The van der Waals surface area contributed by atoms with E-state index in [-0.39, 0.29) is 41.5 Å². The molecule has 3 aliphatic rings. The molecule has 2 unspecified atom stereocenters. The first kappa shape index (κ1) is 25.2. The molecule has 0 spiro atoms. The molecule has 0 aromatic carbocycles. The quantitative estimate of drug-likeness (QED) is 0.530. The molecule has 2 aliphatic heterocycles. The normalized spacial score (nSPS) is 37.3. The van der Waals surface area contributed by atoms with Crippen molar-refractivity contribution in [1.29, 1.82) is 0 Å². The van der Waals surface area contributed by atoms with Gasteiger partial charge in [0, 0.05) is 25.6 Å². The summed E-state index contributed by atoms with van der Waals surface area (Å²) in [5.41, 5.74) is 0. The summed E-state index contributed by atoms with van der Waals surface area (Å²) in [7, 11) is -1.90. The van der Waals surface area contributed by atoms with E-state index in [1.807, 2.05) is 6.92 Å². The number of carboxylic acids is 1. The Balaban J connectivity index is 1.76. The van der Waals surface area contributed by atoms with Gasteiger partial charge in [0.15, 0.2) is 14.6 Å². The summed E-state index contributed by atoms with van der Waals surface area (Å²) >= 11 is 0. The molecule has 0 aromatic rings. The van der Waals surface area contributed by atoms with Gasteiger partial charge < -0.3 is 23.7 Å². The van der Waals surface area contributed by atoms with Crippen LogP contribution in [0.1, 0.15) is 72.6 Å². The van der Waals surface area contributed by atoms with E-state index in [1.165, 1.54) is 0 Å². The van der Waals surface area contributed by atoms with Crippen LogP contribution in [0.3, 0.4) is 0 Å². The third kappa shape index (κ3) is 5.91. The summed E-state index contributed by atoms with van der Waals surface area (Å²) in [6.07, 6.45) is 5.97. The lowest BCUT2D eigenvalue weighted by Gasteiger charge is -2.38. The highest BCUT2D eigenvalue weighted by Crippen LogP contribution is 2.46. The maximum absolute atomic E-state index is 11.8. The van der Waals surface area contributed by atoms with Crippen molar-refractivity contribution < 1.29 is 28.5 Å². The first-order valence-electron chi connectivity index (χ1n) is 12.3. The molecule has 1 aliphatic carbocycles. The van der Waals surface area contributed by atoms with Gasteiger partial charge in [-0.25, -0.2) is 0 Å². The van der Waals surface area contributed by atoms with Gasteiger partial charge in [-0.05, 0) is 62.6 Å². The molecule has 0 bridgehead atoms. The van der Waals surface area contributed by atoms with Crippen LogP contribution >= 0.6 is 0 Å². The number of hydrogen-bond donors (Lipinski definition) is 1. The van der Waals surface area contributed by atoms with E-state index >= 15 is 0 Å². The molecular weight excluding hydrogens is 412 g/mol. The summed E-state index contributed by atoms with van der Waals surface area (Å²) in [5, 5.41) is 9.87. The molecule has 6 nitrogen and oxygen atoms in total. The molecule has 3 rings (SSSR count). The Morgan fingerprint density at radius 2 is 1.90 bits per heavy atom. The highest BCUT2D eigenvalue weighted by molar-refractivity contribution is 6.74. The predicted octanol–water partition coefficient (Wildman–Crippen LogP) is 5.21. The Labute approximate surface area is 189 Å². The first-order valence-corrected chi connectivity index (χ1v) is 15.2. The van der Waals surface area contributed by atoms with E-state index in [0.717, 1.165) is 45.1 Å². The van der Waals surface area contributed by atoms with Crippen molar-refractivity contribution in [3.63, 3.8) is 0 Å². The maximum atomic E-state index is 11.8. The molecule has 1 saturated carbocycles. The van der Waals surface area contributed by atoms with Crippen molar-refractivity contribution in [3.05, 3.63) is 0 Å². The molecule has 3 fully saturated rings. The van der Waals surface area contributed by atoms with Crippen molar-refractivity contribution in [3.8, 4) is 0 Å². The number of rotatable bonds is 7. The van der Waals surface area contributed by atoms with Gasteiger partial charge >= 0.3 is 5.97 Å². The minimum Gasteiger partial charge on any atom is -0.481 e. The van der Waals surface area contributed by atoms with Crippen LogP contribution in [0.4, 0.5) is 0 Å². The van der Waals surface area contributed by atoms with E-state index in [9.17, 15) is 9.90 Å². The fraction of sp³-hybridized carbons (Fsp3) is 0.958. The van der Waals surface area contributed by atoms with Gasteiger partial charge in [0.2, 0.25) is 0 Å². The molecule has 31 heavy (non-hydrogen) atoms. The van der Waals surface area contributed by atoms with Crippen LogP contribution in [0.5, 0.6) is 0 Å². The van der Waals surface area contributed by atoms with Crippen LogP contribution in [-0.2, 0) is 23.4 Å². The summed E-state index contributed by atoms with van der Waals surface area (Å²) < 4.78 is 25.5. The van der Waals surface area contributed by atoms with Crippen molar-refractivity contribution in [2.75, 3.05) is 13.2 Å². The van der Waals surface area contributed by atoms with Crippen LogP contribution < -0.4 is 0 Å². The molecular formula is C24H44O6Si. The minimum atomic E-state index is -1.90. The number of ether oxygens (including phenoxy) is 3. The zero-order valence-corrected chi connectivity index (χ0v) is 21.4. The number of fused-ring (bicyclic) bond motifs is 1. The molecule has 2 saturated heterocycles. The third-order valence-electron chi connectivity index (χ3n) is 8.21. The van der Waals surface area contributed by atoms with E-state index in [2.05, 4.69) is 33.9 Å². The number of hydrogen-bond acceptors (Lipinski definition) is 5. The van der Waals surface area contributed by atoms with Crippen molar-refractivity contribution in [2.45, 2.75) is 115 Å². The minimum absolute atomic E-state index is 0.0379. The highest BCUT2D eigenvalue weighted by atomic mass is 28.4. The number of carboxylic acid groups (broad SMARTS) is 1. The number of aliphatic carboxylic acids is 1. The predicted molar refractivity (Wildman–Crippen MR) is 123 cm³/mol. The smallest absolute Gasteiger partial charge is 0.309 e. The third-order valence-corrected chi connectivity index (χ3v) is 12.7. The van der Waals surface area contributed by atoms with Crippen LogP contribution in [-0.4, -0.2) is 57.2 Å². The average molecular weight is 457 g/mol. The Morgan fingerprint density at radius 3 is 2.48 bits per heavy atom. The second kappa shape index (κ2) is 10.2. The summed E-state index contributed by atoms with van der Waals surface area (Å²) in [6, 6.07) is 0.